The first-order valence-corrected chi connectivity index (χ1v) is 8.51. The summed E-state index contributed by atoms with van der Waals surface area (Å²) < 4.78 is 11.3. The molecule has 0 fully saturated rings. The Kier molecular flexibility index (Phi) is 5.19. The maximum absolute atomic E-state index is 12.4. The molecule has 0 aromatic heterocycles. The summed E-state index contributed by atoms with van der Waals surface area (Å²) in [6.45, 7) is 0.123. The van der Waals surface area contributed by atoms with Crippen LogP contribution in [-0.2, 0) is 4.79 Å². The van der Waals surface area contributed by atoms with E-state index in [0.717, 1.165) is 0 Å². The molecule has 25 heavy (non-hydrogen) atoms. The van der Waals surface area contributed by atoms with Gasteiger partial charge in [-0.05, 0) is 51.8 Å². The molecule has 0 radical (unpaired) electrons. The Hall–Kier alpha value is -2.20. The number of nitrogens with zero attached hydrogens (tertiary/aromatic N) is 1. The van der Waals surface area contributed by atoms with E-state index < -0.39 is 5.91 Å². The predicted molar refractivity (Wildman–Crippen MR) is 98.9 cm³/mol. The van der Waals surface area contributed by atoms with Crippen molar-refractivity contribution in [2.24, 2.45) is 0 Å². The molecular formula is C17H9BrCl2N2O3. The van der Waals surface area contributed by atoms with Crippen LogP contribution in [0.1, 0.15) is 5.56 Å². The van der Waals surface area contributed by atoms with Gasteiger partial charge in [-0.25, -0.2) is 0 Å². The molecule has 1 heterocycles. The standard InChI is InChI=1S/C17H9BrCl2N2O3/c18-11-5-9(6-14-16(11)25-8-24-14)4-10(7-21)17(23)22-15-12(19)2-1-3-13(15)20/h1-6H,8H2,(H,22,23)/b10-4+. The molecule has 0 saturated carbocycles. The highest BCUT2D eigenvalue weighted by atomic mass is 79.9. The van der Waals surface area contributed by atoms with Crippen LogP contribution in [0.5, 0.6) is 11.5 Å². The first-order valence-electron chi connectivity index (χ1n) is 6.96. The topological polar surface area (TPSA) is 71.3 Å². The number of para-hydroxylation sites is 1. The number of fused-ring (bicyclic) bond motifs is 1. The van der Waals surface area contributed by atoms with Crippen LogP contribution in [0.15, 0.2) is 40.4 Å². The predicted octanol–water partition coefficient (Wildman–Crippen LogP) is 5.03. The highest BCUT2D eigenvalue weighted by molar-refractivity contribution is 9.10. The summed E-state index contributed by atoms with van der Waals surface area (Å²) in [5, 5.41) is 12.4. The first kappa shape index (κ1) is 17.6. The fraction of sp³-hybridized carbons (Fsp3) is 0.0588. The molecule has 5 nitrogen and oxygen atoms in total. The lowest BCUT2D eigenvalue weighted by Crippen LogP contribution is -2.14. The lowest BCUT2D eigenvalue weighted by Gasteiger charge is -2.08. The number of rotatable bonds is 3. The average Bonchev–Trinajstić information content (AvgIpc) is 3.05. The number of carbonyl (C=O) groups is 1. The number of benzene rings is 2. The number of carbonyl (C=O) groups excluding carboxylic acids is 1. The maximum Gasteiger partial charge on any atom is 0.266 e. The second-order valence-electron chi connectivity index (χ2n) is 4.96. The van der Waals surface area contributed by atoms with Crippen molar-refractivity contribution >= 4 is 56.8 Å². The van der Waals surface area contributed by atoms with Crippen molar-refractivity contribution in [1.82, 2.24) is 0 Å². The molecule has 0 atom stereocenters. The van der Waals surface area contributed by atoms with Crippen molar-refractivity contribution in [2.45, 2.75) is 0 Å². The zero-order valence-electron chi connectivity index (χ0n) is 12.5. The van der Waals surface area contributed by atoms with Crippen LogP contribution in [0.25, 0.3) is 6.08 Å². The number of anilines is 1. The lowest BCUT2D eigenvalue weighted by atomic mass is 10.1. The molecule has 8 heteroatoms. The molecular weight excluding hydrogens is 431 g/mol. The second-order valence-corrected chi connectivity index (χ2v) is 6.63. The van der Waals surface area contributed by atoms with Crippen molar-refractivity contribution in [3.05, 3.63) is 56.0 Å². The normalized spacial score (nSPS) is 12.6. The lowest BCUT2D eigenvalue weighted by molar-refractivity contribution is -0.112. The van der Waals surface area contributed by atoms with E-state index in [0.29, 0.717) is 21.5 Å². The number of halogens is 3. The zero-order chi connectivity index (χ0) is 18.0. The quantitative estimate of drug-likeness (QED) is 0.537. The van der Waals surface area contributed by atoms with Gasteiger partial charge in [-0.3, -0.25) is 4.79 Å². The second kappa shape index (κ2) is 7.36. The number of amides is 1. The summed E-state index contributed by atoms with van der Waals surface area (Å²) in [5.41, 5.74) is 0.749. The summed E-state index contributed by atoms with van der Waals surface area (Å²) in [4.78, 5) is 12.4. The minimum Gasteiger partial charge on any atom is -0.454 e. The third-order valence-corrected chi connectivity index (χ3v) is 4.55. The summed E-state index contributed by atoms with van der Waals surface area (Å²) in [7, 11) is 0. The van der Waals surface area contributed by atoms with Gasteiger partial charge in [0.05, 0.1) is 20.2 Å². The van der Waals surface area contributed by atoms with Gasteiger partial charge in [-0.15, -0.1) is 0 Å². The van der Waals surface area contributed by atoms with Gasteiger partial charge in [0, 0.05) is 0 Å². The number of nitriles is 1. The Morgan fingerprint density at radius 2 is 2.00 bits per heavy atom. The summed E-state index contributed by atoms with van der Waals surface area (Å²) in [6.07, 6.45) is 1.44. The largest absolute Gasteiger partial charge is 0.454 e. The number of ether oxygens (including phenoxy) is 2. The smallest absolute Gasteiger partial charge is 0.266 e. The van der Waals surface area contributed by atoms with E-state index in [1.54, 1.807) is 30.3 Å². The fourth-order valence-electron chi connectivity index (χ4n) is 2.18. The molecule has 0 spiro atoms. The number of hydrogen-bond donors (Lipinski definition) is 1. The Morgan fingerprint density at radius 1 is 1.28 bits per heavy atom. The van der Waals surface area contributed by atoms with Crippen LogP contribution in [0.2, 0.25) is 10.0 Å². The highest BCUT2D eigenvalue weighted by Gasteiger charge is 2.19. The SMILES string of the molecule is N#C/C(=C\c1cc(Br)c2c(c1)OCO2)C(=O)Nc1c(Cl)cccc1Cl. The van der Waals surface area contributed by atoms with Crippen LogP contribution in [-0.4, -0.2) is 12.7 Å². The van der Waals surface area contributed by atoms with Gasteiger partial charge < -0.3 is 14.8 Å². The molecule has 0 saturated heterocycles. The number of hydrogen-bond acceptors (Lipinski definition) is 4. The van der Waals surface area contributed by atoms with E-state index in [1.807, 2.05) is 6.07 Å². The van der Waals surface area contributed by atoms with Crippen molar-refractivity contribution in [3.8, 4) is 17.6 Å². The molecule has 1 N–H and O–H groups in total. The first-order chi connectivity index (χ1) is 12.0. The summed E-state index contributed by atoms with van der Waals surface area (Å²) in [5.74, 6) is 0.502. The molecule has 0 bridgehead atoms. The summed E-state index contributed by atoms with van der Waals surface area (Å²) >= 11 is 15.4. The molecule has 1 amide bonds. The van der Waals surface area contributed by atoms with Gasteiger partial charge in [0.2, 0.25) is 6.79 Å². The van der Waals surface area contributed by atoms with Crippen LogP contribution in [0.4, 0.5) is 5.69 Å². The minimum absolute atomic E-state index is 0.109. The van der Waals surface area contributed by atoms with Gasteiger partial charge in [0.25, 0.3) is 5.91 Å². The van der Waals surface area contributed by atoms with Crippen molar-refractivity contribution in [1.29, 1.82) is 5.26 Å². The van der Waals surface area contributed by atoms with Crippen molar-refractivity contribution in [3.63, 3.8) is 0 Å². The monoisotopic (exact) mass is 438 g/mol. The van der Waals surface area contributed by atoms with Gasteiger partial charge in [0.15, 0.2) is 11.5 Å². The fourth-order valence-corrected chi connectivity index (χ4v) is 3.25. The zero-order valence-corrected chi connectivity index (χ0v) is 15.6. The maximum atomic E-state index is 12.4. The highest BCUT2D eigenvalue weighted by Crippen LogP contribution is 2.40. The van der Waals surface area contributed by atoms with Crippen LogP contribution < -0.4 is 14.8 Å². The van der Waals surface area contributed by atoms with Gasteiger partial charge >= 0.3 is 0 Å². The molecule has 3 rings (SSSR count). The molecule has 1 aliphatic heterocycles. The van der Waals surface area contributed by atoms with Crippen LogP contribution in [0.3, 0.4) is 0 Å². The van der Waals surface area contributed by atoms with E-state index in [9.17, 15) is 10.1 Å². The minimum atomic E-state index is -0.619. The number of nitrogens with one attached hydrogen (secondary N) is 1. The third kappa shape index (κ3) is 3.74. The van der Waals surface area contributed by atoms with Crippen molar-refractivity contribution in [2.75, 3.05) is 12.1 Å². The molecule has 2 aromatic carbocycles. The Morgan fingerprint density at radius 3 is 2.68 bits per heavy atom. The Labute approximate surface area is 161 Å². The van der Waals surface area contributed by atoms with E-state index in [4.69, 9.17) is 32.7 Å². The van der Waals surface area contributed by atoms with Crippen molar-refractivity contribution < 1.29 is 14.3 Å². The molecule has 2 aromatic rings. The Balaban J connectivity index is 1.90. The molecule has 0 unspecified atom stereocenters. The summed E-state index contributed by atoms with van der Waals surface area (Å²) in [6, 6.07) is 10.1. The average molecular weight is 440 g/mol. The third-order valence-electron chi connectivity index (χ3n) is 3.33. The van der Waals surface area contributed by atoms with Crippen LogP contribution >= 0.6 is 39.1 Å². The van der Waals surface area contributed by atoms with E-state index >= 15 is 0 Å². The van der Waals surface area contributed by atoms with Gasteiger partial charge in [-0.1, -0.05) is 29.3 Å². The van der Waals surface area contributed by atoms with E-state index in [2.05, 4.69) is 21.2 Å². The molecule has 1 aliphatic rings. The van der Waals surface area contributed by atoms with E-state index in [1.165, 1.54) is 6.08 Å². The van der Waals surface area contributed by atoms with Gasteiger partial charge in [0.1, 0.15) is 11.6 Å². The van der Waals surface area contributed by atoms with E-state index in [-0.39, 0.29) is 28.1 Å². The molecule has 0 aliphatic carbocycles. The Bertz CT molecular complexity index is 918. The van der Waals surface area contributed by atoms with Gasteiger partial charge in [-0.2, -0.15) is 5.26 Å². The molecule has 126 valence electrons. The van der Waals surface area contributed by atoms with Crippen LogP contribution in [0, 0.1) is 11.3 Å².